The minimum absolute atomic E-state index is 0.0659. The number of aliphatic hydroxyl groups excluding tert-OH is 1. The van der Waals surface area contributed by atoms with Gasteiger partial charge in [-0.25, -0.2) is 0 Å². The number of carbonyl (C=O) groups excluding carboxylic acids is 3. The molecule has 0 saturated carbocycles. The third-order valence-corrected chi connectivity index (χ3v) is 11.4. The van der Waals surface area contributed by atoms with E-state index in [4.69, 9.17) is 4.74 Å². The highest BCUT2D eigenvalue weighted by Gasteiger charge is 2.80. The Bertz CT molecular complexity index is 1510. The lowest BCUT2D eigenvalue weighted by Gasteiger charge is -2.39. The van der Waals surface area contributed by atoms with Gasteiger partial charge in [0.25, 0.3) is 5.91 Å². The van der Waals surface area contributed by atoms with Crippen molar-refractivity contribution in [2.24, 2.45) is 17.8 Å². The molecule has 1 N–H and O–H groups in total. The molecule has 3 amide bonds. The molecule has 50 heavy (non-hydrogen) atoms. The van der Waals surface area contributed by atoms with Crippen LogP contribution in [0.4, 0.5) is 11.4 Å². The summed E-state index contributed by atoms with van der Waals surface area (Å²) in [4.78, 5) is 52.2. The van der Waals surface area contributed by atoms with E-state index in [0.717, 1.165) is 42.9 Å². The van der Waals surface area contributed by atoms with E-state index in [1.165, 1.54) is 0 Å². The van der Waals surface area contributed by atoms with Crippen LogP contribution in [0.3, 0.4) is 0 Å². The molecule has 2 bridgehead atoms. The molecule has 2 aromatic rings. The van der Waals surface area contributed by atoms with Crippen molar-refractivity contribution in [3.05, 3.63) is 85.5 Å². The van der Waals surface area contributed by atoms with Crippen molar-refractivity contribution in [3.63, 3.8) is 0 Å². The lowest BCUT2D eigenvalue weighted by Crippen LogP contribution is -2.57. The predicted octanol–water partition coefficient (Wildman–Crippen LogP) is 5.83. The fourth-order valence-corrected chi connectivity index (χ4v) is 8.80. The lowest BCUT2D eigenvalue weighted by atomic mass is 9.62. The number of hydrogen-bond acceptors (Lipinski definition) is 6. The predicted molar refractivity (Wildman–Crippen MR) is 199 cm³/mol. The van der Waals surface area contributed by atoms with Crippen LogP contribution in [0.25, 0.3) is 0 Å². The molecule has 9 nitrogen and oxygen atoms in total. The highest BCUT2D eigenvalue weighted by atomic mass is 16.5. The highest BCUT2D eigenvalue weighted by Crippen LogP contribution is 2.65. The number of amides is 3. The zero-order chi connectivity index (χ0) is 36.1. The topological polar surface area (TPSA) is 93.6 Å². The summed E-state index contributed by atoms with van der Waals surface area (Å²) in [6.45, 7) is 19.4. The van der Waals surface area contributed by atoms with Gasteiger partial charge in [0.15, 0.2) is 0 Å². The van der Waals surface area contributed by atoms with Gasteiger partial charge in [0, 0.05) is 57.3 Å². The van der Waals surface area contributed by atoms with Crippen molar-refractivity contribution in [2.45, 2.75) is 83.6 Å². The van der Waals surface area contributed by atoms with E-state index in [9.17, 15) is 14.7 Å². The Labute approximate surface area is 298 Å². The fourth-order valence-electron chi connectivity index (χ4n) is 8.80. The quantitative estimate of drug-likeness (QED) is 0.157. The van der Waals surface area contributed by atoms with Gasteiger partial charge in [-0.15, -0.1) is 13.2 Å². The summed E-state index contributed by atoms with van der Waals surface area (Å²) in [6.07, 6.45) is 6.95. The SMILES string of the molecule is C=CCN(Cc1ccccc1)C(=O)[C@H]1[C@H]2C(=O)N(CCCCCCO)C(C(=O)N(CC=C)c3ccc(N(CC)CC)cc3)C23CC(C)[C@]1(C)O3. The van der Waals surface area contributed by atoms with Crippen molar-refractivity contribution in [2.75, 3.05) is 49.1 Å². The van der Waals surface area contributed by atoms with Gasteiger partial charge in [-0.05, 0) is 75.8 Å². The molecule has 270 valence electrons. The number of ether oxygens (including phenoxy) is 1. The molecule has 5 rings (SSSR count). The number of fused-ring (bicyclic) bond motifs is 1. The van der Waals surface area contributed by atoms with Crippen molar-refractivity contribution in [1.82, 2.24) is 9.80 Å². The largest absolute Gasteiger partial charge is 0.396 e. The smallest absolute Gasteiger partial charge is 0.253 e. The maximum atomic E-state index is 15.1. The molecule has 0 radical (unpaired) electrons. The van der Waals surface area contributed by atoms with Gasteiger partial charge < -0.3 is 29.4 Å². The van der Waals surface area contributed by atoms with Crippen LogP contribution < -0.4 is 9.80 Å². The van der Waals surface area contributed by atoms with E-state index in [1.807, 2.05) is 61.5 Å². The summed E-state index contributed by atoms with van der Waals surface area (Å²) in [5.74, 6) is -2.16. The Kier molecular flexibility index (Phi) is 11.9. The number of carbonyl (C=O) groups is 3. The average molecular weight is 685 g/mol. The first-order valence-corrected chi connectivity index (χ1v) is 18.4. The van der Waals surface area contributed by atoms with Crippen molar-refractivity contribution >= 4 is 29.1 Å². The molecule has 6 atom stereocenters. The number of hydrogen-bond donors (Lipinski definition) is 1. The molecule has 2 aromatic carbocycles. The second-order valence-electron chi connectivity index (χ2n) is 14.3. The summed E-state index contributed by atoms with van der Waals surface area (Å²) >= 11 is 0. The van der Waals surface area contributed by atoms with E-state index >= 15 is 4.79 Å². The molecule has 3 heterocycles. The molecule has 3 unspecified atom stereocenters. The Morgan fingerprint density at radius 1 is 0.940 bits per heavy atom. The summed E-state index contributed by atoms with van der Waals surface area (Å²) in [6, 6.07) is 16.9. The molecular formula is C41H56N4O5. The van der Waals surface area contributed by atoms with Gasteiger partial charge >= 0.3 is 0 Å². The number of anilines is 2. The first kappa shape index (κ1) is 37.3. The average Bonchev–Trinajstić information content (AvgIpc) is 3.63. The third kappa shape index (κ3) is 6.74. The Morgan fingerprint density at radius 2 is 1.58 bits per heavy atom. The molecule has 3 fully saturated rings. The molecule has 0 aliphatic carbocycles. The normalized spacial score (nSPS) is 26.5. The number of unbranched alkanes of at least 4 members (excludes halogenated alkanes) is 3. The number of aliphatic hydroxyl groups is 1. The standard InChI is InChI=1S/C41H56N4O5/c1-7-24-43(29-31-18-14-13-15-19-31)37(47)34-35-38(48)45(26-16-11-12-17-27-46)36(41(35)28-30(5)40(34,6)50-41)39(49)44(25-8-2)33-22-20-32(21-23-33)42(9-3)10-4/h7-8,13-15,18-23,30,34-36,46H,1-2,9-12,16-17,24-29H2,3-6H3/t30?,34-,35+,36?,40+,41?/m1/s1. The van der Waals surface area contributed by atoms with Crippen LogP contribution in [0.1, 0.15) is 65.4 Å². The summed E-state index contributed by atoms with van der Waals surface area (Å²) in [7, 11) is 0. The molecule has 3 aliphatic heterocycles. The van der Waals surface area contributed by atoms with Gasteiger partial charge in [-0.3, -0.25) is 14.4 Å². The number of nitrogens with zero attached hydrogens (tertiary/aromatic N) is 4. The van der Waals surface area contributed by atoms with Crippen LogP contribution in [0.15, 0.2) is 79.9 Å². The Balaban J connectivity index is 1.55. The number of benzene rings is 2. The lowest BCUT2D eigenvalue weighted by molar-refractivity contribution is -0.151. The fraction of sp³-hybridized carbons (Fsp3) is 0.537. The minimum Gasteiger partial charge on any atom is -0.396 e. The van der Waals surface area contributed by atoms with E-state index in [-0.39, 0.29) is 36.8 Å². The van der Waals surface area contributed by atoms with Crippen LogP contribution in [-0.2, 0) is 25.7 Å². The van der Waals surface area contributed by atoms with Gasteiger partial charge in [0.1, 0.15) is 11.6 Å². The van der Waals surface area contributed by atoms with Crippen LogP contribution in [0, 0.1) is 17.8 Å². The third-order valence-electron chi connectivity index (χ3n) is 11.4. The van der Waals surface area contributed by atoms with Crippen molar-refractivity contribution in [1.29, 1.82) is 0 Å². The minimum atomic E-state index is -1.15. The Morgan fingerprint density at radius 3 is 2.20 bits per heavy atom. The van der Waals surface area contributed by atoms with Crippen LogP contribution in [-0.4, -0.2) is 89.2 Å². The summed E-state index contributed by atoms with van der Waals surface area (Å²) in [5.41, 5.74) is 0.710. The molecule has 1 spiro atoms. The van der Waals surface area contributed by atoms with Gasteiger partial charge in [-0.1, -0.05) is 62.2 Å². The molecule has 3 aliphatic rings. The first-order chi connectivity index (χ1) is 24.1. The zero-order valence-corrected chi connectivity index (χ0v) is 30.4. The number of likely N-dealkylation sites (tertiary alicyclic amines) is 1. The van der Waals surface area contributed by atoms with Crippen molar-refractivity contribution < 1.29 is 24.2 Å². The maximum absolute atomic E-state index is 15.1. The van der Waals surface area contributed by atoms with E-state index < -0.39 is 29.1 Å². The van der Waals surface area contributed by atoms with Gasteiger partial charge in [-0.2, -0.15) is 0 Å². The van der Waals surface area contributed by atoms with Crippen LogP contribution in [0.2, 0.25) is 0 Å². The van der Waals surface area contributed by atoms with E-state index in [1.54, 1.807) is 26.9 Å². The van der Waals surface area contributed by atoms with E-state index in [2.05, 4.69) is 38.8 Å². The maximum Gasteiger partial charge on any atom is 0.253 e. The second kappa shape index (κ2) is 15.9. The summed E-state index contributed by atoms with van der Waals surface area (Å²) in [5, 5.41) is 9.33. The second-order valence-corrected chi connectivity index (χ2v) is 14.3. The Hall–Kier alpha value is -3.95. The zero-order valence-electron chi connectivity index (χ0n) is 30.4. The molecule has 9 heteroatoms. The monoisotopic (exact) mass is 684 g/mol. The number of rotatable bonds is 18. The van der Waals surface area contributed by atoms with E-state index in [0.29, 0.717) is 38.9 Å². The van der Waals surface area contributed by atoms with Gasteiger partial charge in [0.2, 0.25) is 11.8 Å². The first-order valence-electron chi connectivity index (χ1n) is 18.4. The van der Waals surface area contributed by atoms with Crippen molar-refractivity contribution in [3.8, 4) is 0 Å². The molecule has 0 aromatic heterocycles. The van der Waals surface area contributed by atoms with Crippen LogP contribution >= 0.6 is 0 Å². The van der Waals surface area contributed by atoms with Gasteiger partial charge in [0.05, 0.1) is 17.4 Å². The molecule has 3 saturated heterocycles. The van der Waals surface area contributed by atoms with Crippen LogP contribution in [0.5, 0.6) is 0 Å². The molecular weight excluding hydrogens is 628 g/mol. The highest BCUT2D eigenvalue weighted by molar-refractivity contribution is 6.05. The summed E-state index contributed by atoms with van der Waals surface area (Å²) < 4.78 is 7.07.